The minimum absolute atomic E-state index is 0.117. The molecule has 2 amide bonds. The third-order valence-corrected chi connectivity index (χ3v) is 3.95. The van der Waals surface area contributed by atoms with Crippen molar-refractivity contribution < 1.29 is 19.1 Å². The third kappa shape index (κ3) is 4.16. The van der Waals surface area contributed by atoms with Crippen molar-refractivity contribution in [1.29, 1.82) is 0 Å². The molecule has 1 atom stereocenters. The van der Waals surface area contributed by atoms with Crippen LogP contribution in [0.5, 0.6) is 6.01 Å². The SMILES string of the molecule is CNC(=O)C[C@]1(COC)CCCN1C(=O)COc1ncccn1. The van der Waals surface area contributed by atoms with Gasteiger partial charge < -0.3 is 19.7 Å². The first-order valence-corrected chi connectivity index (χ1v) is 7.51. The Labute approximate surface area is 135 Å². The van der Waals surface area contributed by atoms with Crippen LogP contribution in [-0.2, 0) is 14.3 Å². The molecule has 1 aromatic rings. The van der Waals surface area contributed by atoms with Gasteiger partial charge in [0.25, 0.3) is 5.91 Å². The van der Waals surface area contributed by atoms with E-state index in [0.29, 0.717) is 13.2 Å². The van der Waals surface area contributed by atoms with E-state index in [4.69, 9.17) is 9.47 Å². The fourth-order valence-electron chi connectivity index (χ4n) is 2.93. The summed E-state index contributed by atoms with van der Waals surface area (Å²) in [5.41, 5.74) is -0.618. The Hall–Kier alpha value is -2.22. The lowest BCUT2D eigenvalue weighted by Crippen LogP contribution is -2.54. The molecule has 2 heterocycles. The van der Waals surface area contributed by atoms with Crippen molar-refractivity contribution in [3.63, 3.8) is 0 Å². The van der Waals surface area contributed by atoms with Gasteiger partial charge in [-0.15, -0.1) is 0 Å². The second kappa shape index (κ2) is 7.87. The van der Waals surface area contributed by atoms with Crippen LogP contribution in [0.15, 0.2) is 18.5 Å². The van der Waals surface area contributed by atoms with Crippen molar-refractivity contribution in [2.45, 2.75) is 24.8 Å². The second-order valence-corrected chi connectivity index (χ2v) is 5.48. The van der Waals surface area contributed by atoms with E-state index >= 15 is 0 Å². The molecule has 0 aliphatic carbocycles. The standard InChI is InChI=1S/C15H22N4O4/c1-16-12(20)9-15(11-22-2)5-3-8-19(15)13(21)10-23-14-17-6-4-7-18-14/h4,6-7H,3,5,8-11H2,1-2H3,(H,16,20)/t15-/m0/s1. The van der Waals surface area contributed by atoms with Crippen molar-refractivity contribution >= 4 is 11.8 Å². The minimum atomic E-state index is -0.618. The molecule has 0 spiro atoms. The van der Waals surface area contributed by atoms with Crippen molar-refractivity contribution in [2.24, 2.45) is 0 Å². The van der Waals surface area contributed by atoms with Crippen molar-refractivity contribution in [2.75, 3.05) is 33.9 Å². The van der Waals surface area contributed by atoms with Crippen LogP contribution >= 0.6 is 0 Å². The van der Waals surface area contributed by atoms with Gasteiger partial charge >= 0.3 is 6.01 Å². The molecule has 0 aromatic carbocycles. The number of hydrogen-bond acceptors (Lipinski definition) is 6. The van der Waals surface area contributed by atoms with Crippen LogP contribution < -0.4 is 10.1 Å². The zero-order valence-electron chi connectivity index (χ0n) is 13.4. The number of ether oxygens (including phenoxy) is 2. The maximum atomic E-state index is 12.5. The summed E-state index contributed by atoms with van der Waals surface area (Å²) in [5, 5.41) is 2.61. The predicted octanol–water partition coefficient (Wildman–Crippen LogP) is -0.000900. The Bertz CT molecular complexity index is 540. The number of nitrogens with zero attached hydrogens (tertiary/aromatic N) is 3. The zero-order chi connectivity index (χ0) is 16.7. The normalized spacial score (nSPS) is 20.3. The average molecular weight is 322 g/mol. The lowest BCUT2D eigenvalue weighted by atomic mass is 9.92. The highest BCUT2D eigenvalue weighted by Crippen LogP contribution is 2.33. The molecule has 0 unspecified atom stereocenters. The van der Waals surface area contributed by atoms with Crippen LogP contribution in [0.1, 0.15) is 19.3 Å². The van der Waals surface area contributed by atoms with E-state index in [-0.39, 0.29) is 30.9 Å². The topological polar surface area (TPSA) is 93.7 Å². The van der Waals surface area contributed by atoms with Crippen molar-refractivity contribution in [3.05, 3.63) is 18.5 Å². The van der Waals surface area contributed by atoms with E-state index in [1.807, 2.05) is 0 Å². The summed E-state index contributed by atoms with van der Waals surface area (Å²) >= 11 is 0. The molecular formula is C15H22N4O4. The van der Waals surface area contributed by atoms with Crippen LogP contribution in [0.2, 0.25) is 0 Å². The molecule has 1 fully saturated rings. The van der Waals surface area contributed by atoms with Gasteiger partial charge in [-0.05, 0) is 18.9 Å². The van der Waals surface area contributed by atoms with Gasteiger partial charge in [0.05, 0.1) is 18.6 Å². The predicted molar refractivity (Wildman–Crippen MR) is 81.8 cm³/mol. The molecule has 1 saturated heterocycles. The highest BCUT2D eigenvalue weighted by Gasteiger charge is 2.45. The van der Waals surface area contributed by atoms with Crippen LogP contribution in [0.4, 0.5) is 0 Å². The molecule has 0 radical (unpaired) electrons. The number of likely N-dealkylation sites (tertiary alicyclic amines) is 1. The Morgan fingerprint density at radius 3 is 2.78 bits per heavy atom. The summed E-state index contributed by atoms with van der Waals surface area (Å²) in [7, 11) is 3.15. The van der Waals surface area contributed by atoms with Crippen molar-refractivity contribution in [1.82, 2.24) is 20.2 Å². The molecule has 0 bridgehead atoms. The van der Waals surface area contributed by atoms with E-state index in [9.17, 15) is 9.59 Å². The molecular weight excluding hydrogens is 300 g/mol. The first-order chi connectivity index (χ1) is 11.1. The zero-order valence-corrected chi connectivity index (χ0v) is 13.4. The van der Waals surface area contributed by atoms with Gasteiger partial charge in [-0.25, -0.2) is 9.97 Å². The number of carbonyl (C=O) groups is 2. The van der Waals surface area contributed by atoms with Crippen LogP contribution in [0.3, 0.4) is 0 Å². The number of hydrogen-bond donors (Lipinski definition) is 1. The van der Waals surface area contributed by atoms with Crippen molar-refractivity contribution in [3.8, 4) is 6.01 Å². The molecule has 23 heavy (non-hydrogen) atoms. The van der Waals surface area contributed by atoms with Crippen LogP contribution in [-0.4, -0.2) is 66.1 Å². The lowest BCUT2D eigenvalue weighted by molar-refractivity contribution is -0.141. The van der Waals surface area contributed by atoms with Gasteiger partial charge in [-0.3, -0.25) is 9.59 Å². The molecule has 1 aromatic heterocycles. The van der Waals surface area contributed by atoms with E-state index in [1.54, 1.807) is 37.5 Å². The molecule has 126 valence electrons. The van der Waals surface area contributed by atoms with Gasteiger partial charge in [-0.2, -0.15) is 0 Å². The molecule has 1 N–H and O–H groups in total. The summed E-state index contributed by atoms with van der Waals surface area (Å²) in [5.74, 6) is -0.315. The number of carbonyl (C=O) groups excluding carboxylic acids is 2. The minimum Gasteiger partial charge on any atom is -0.453 e. The number of aromatic nitrogens is 2. The first kappa shape index (κ1) is 17.1. The molecule has 2 rings (SSSR count). The second-order valence-electron chi connectivity index (χ2n) is 5.48. The van der Waals surface area contributed by atoms with E-state index in [1.165, 1.54) is 0 Å². The van der Waals surface area contributed by atoms with Gasteiger partial charge in [0.15, 0.2) is 6.61 Å². The fourth-order valence-corrected chi connectivity index (χ4v) is 2.93. The molecule has 1 aliphatic rings. The summed E-state index contributed by atoms with van der Waals surface area (Å²) < 4.78 is 10.6. The van der Waals surface area contributed by atoms with Gasteiger partial charge in [0, 0.05) is 33.1 Å². The molecule has 8 heteroatoms. The summed E-state index contributed by atoms with van der Waals surface area (Å²) in [4.78, 5) is 33.9. The lowest BCUT2D eigenvalue weighted by Gasteiger charge is -2.37. The Balaban J connectivity index is 2.05. The quantitative estimate of drug-likeness (QED) is 0.759. The van der Waals surface area contributed by atoms with E-state index in [0.717, 1.165) is 12.8 Å². The summed E-state index contributed by atoms with van der Waals surface area (Å²) in [6, 6.07) is 1.82. The smallest absolute Gasteiger partial charge is 0.316 e. The maximum absolute atomic E-state index is 12.5. The number of nitrogens with one attached hydrogen (secondary N) is 1. The maximum Gasteiger partial charge on any atom is 0.316 e. The van der Waals surface area contributed by atoms with Gasteiger partial charge in [-0.1, -0.05) is 0 Å². The summed E-state index contributed by atoms with van der Waals surface area (Å²) in [6.45, 7) is 0.732. The fraction of sp³-hybridized carbons (Fsp3) is 0.600. The highest BCUT2D eigenvalue weighted by atomic mass is 16.5. The average Bonchev–Trinajstić information content (AvgIpc) is 2.97. The highest BCUT2D eigenvalue weighted by molar-refractivity contribution is 5.82. The number of amides is 2. The monoisotopic (exact) mass is 322 g/mol. The third-order valence-electron chi connectivity index (χ3n) is 3.95. The van der Waals surface area contributed by atoms with E-state index < -0.39 is 5.54 Å². The number of methoxy groups -OCH3 is 1. The van der Waals surface area contributed by atoms with Crippen LogP contribution in [0.25, 0.3) is 0 Å². The molecule has 0 saturated carbocycles. The Morgan fingerprint density at radius 1 is 1.39 bits per heavy atom. The van der Waals surface area contributed by atoms with Gasteiger partial charge in [0.2, 0.25) is 5.91 Å². The number of rotatable bonds is 7. The molecule has 8 nitrogen and oxygen atoms in total. The van der Waals surface area contributed by atoms with Gasteiger partial charge in [0.1, 0.15) is 0 Å². The summed E-state index contributed by atoms with van der Waals surface area (Å²) in [6.07, 6.45) is 4.85. The van der Waals surface area contributed by atoms with Crippen LogP contribution in [0, 0.1) is 0 Å². The molecule has 1 aliphatic heterocycles. The largest absolute Gasteiger partial charge is 0.453 e. The Morgan fingerprint density at radius 2 is 2.13 bits per heavy atom. The Kier molecular flexibility index (Phi) is 5.86. The first-order valence-electron chi connectivity index (χ1n) is 7.51. The van der Waals surface area contributed by atoms with E-state index in [2.05, 4.69) is 15.3 Å².